The lowest BCUT2D eigenvalue weighted by molar-refractivity contribution is -0.114. The quantitative estimate of drug-likeness (QED) is 0.577. The van der Waals surface area contributed by atoms with Gasteiger partial charge in [-0.2, -0.15) is 0 Å². The van der Waals surface area contributed by atoms with E-state index in [1.54, 1.807) is 48.5 Å². The molecule has 9 nitrogen and oxygen atoms in total. The van der Waals surface area contributed by atoms with Crippen LogP contribution in [0.1, 0.15) is 23.7 Å². The molecule has 0 aliphatic carbocycles. The average molecular weight is 430 g/mol. The van der Waals surface area contributed by atoms with E-state index in [9.17, 15) is 22.8 Å². The predicted octanol–water partition coefficient (Wildman–Crippen LogP) is 2.21. The van der Waals surface area contributed by atoms with Gasteiger partial charge in [0.05, 0.1) is 11.5 Å². The van der Waals surface area contributed by atoms with E-state index in [2.05, 4.69) is 21.3 Å². The van der Waals surface area contributed by atoms with E-state index in [4.69, 9.17) is 0 Å². The van der Waals surface area contributed by atoms with Crippen molar-refractivity contribution in [1.29, 1.82) is 0 Å². The van der Waals surface area contributed by atoms with E-state index in [-0.39, 0.29) is 23.3 Å². The first-order valence-electron chi connectivity index (χ1n) is 9.27. The standard InChI is InChI=1S/C20H22N4O5S/c1-13(25)21-16-3-2-4-17(11-16)22-19(26)14-5-7-15(8-6-14)23-20(27)24-18-9-10-30(28,29)12-18/h2-8,11,18H,9-10,12H2,1H3,(H,21,25)(H,22,26)(H2,23,24,27). The number of benzene rings is 2. The van der Waals surface area contributed by atoms with E-state index < -0.39 is 21.9 Å². The lowest BCUT2D eigenvalue weighted by atomic mass is 10.2. The fraction of sp³-hybridized carbons (Fsp3) is 0.250. The normalized spacial score (nSPS) is 17.0. The fourth-order valence-electron chi connectivity index (χ4n) is 3.05. The molecule has 1 heterocycles. The van der Waals surface area contributed by atoms with Crippen molar-refractivity contribution in [3.8, 4) is 0 Å². The lowest BCUT2D eigenvalue weighted by Gasteiger charge is -2.12. The first kappa shape index (κ1) is 21.3. The van der Waals surface area contributed by atoms with Crippen molar-refractivity contribution in [3.63, 3.8) is 0 Å². The van der Waals surface area contributed by atoms with Gasteiger partial charge in [0.15, 0.2) is 9.84 Å². The molecule has 4 N–H and O–H groups in total. The zero-order valence-electron chi connectivity index (χ0n) is 16.3. The Morgan fingerprint density at radius 2 is 1.57 bits per heavy atom. The summed E-state index contributed by atoms with van der Waals surface area (Å²) in [5.41, 5.74) is 1.95. The predicted molar refractivity (Wildman–Crippen MR) is 114 cm³/mol. The molecule has 1 saturated heterocycles. The third kappa shape index (κ3) is 6.05. The summed E-state index contributed by atoms with van der Waals surface area (Å²) in [7, 11) is -3.07. The number of hydrogen-bond donors (Lipinski definition) is 4. The van der Waals surface area contributed by atoms with E-state index >= 15 is 0 Å². The second kappa shape index (κ2) is 8.95. The maximum absolute atomic E-state index is 12.4. The zero-order chi connectivity index (χ0) is 21.7. The lowest BCUT2D eigenvalue weighted by Crippen LogP contribution is -2.38. The molecule has 1 fully saturated rings. The highest BCUT2D eigenvalue weighted by Gasteiger charge is 2.28. The Kier molecular flexibility index (Phi) is 6.36. The minimum Gasteiger partial charge on any atom is -0.334 e. The summed E-state index contributed by atoms with van der Waals surface area (Å²) in [6, 6.07) is 12.1. The van der Waals surface area contributed by atoms with E-state index in [0.29, 0.717) is 29.0 Å². The van der Waals surface area contributed by atoms with E-state index in [1.165, 1.54) is 6.92 Å². The van der Waals surface area contributed by atoms with Gasteiger partial charge in [0.2, 0.25) is 5.91 Å². The molecular weight excluding hydrogens is 408 g/mol. The molecule has 1 aliphatic rings. The van der Waals surface area contributed by atoms with Crippen LogP contribution in [0.4, 0.5) is 21.9 Å². The Hall–Kier alpha value is -3.40. The van der Waals surface area contributed by atoms with Crippen LogP contribution in [0.25, 0.3) is 0 Å². The van der Waals surface area contributed by atoms with Gasteiger partial charge in [-0.3, -0.25) is 9.59 Å². The summed E-state index contributed by atoms with van der Waals surface area (Å²) >= 11 is 0. The second-order valence-corrected chi connectivity index (χ2v) is 9.22. The minimum absolute atomic E-state index is 0.0529. The number of urea groups is 1. The number of carbonyl (C=O) groups excluding carboxylic acids is 3. The molecule has 0 radical (unpaired) electrons. The molecule has 1 aliphatic heterocycles. The average Bonchev–Trinajstić information content (AvgIpc) is 3.00. The summed E-state index contributed by atoms with van der Waals surface area (Å²) < 4.78 is 22.9. The summed E-state index contributed by atoms with van der Waals surface area (Å²) in [5, 5.41) is 10.6. The molecule has 0 bridgehead atoms. The number of sulfone groups is 1. The largest absolute Gasteiger partial charge is 0.334 e. The highest BCUT2D eigenvalue weighted by Crippen LogP contribution is 2.17. The molecule has 1 unspecified atom stereocenters. The van der Waals surface area contributed by atoms with Crippen LogP contribution >= 0.6 is 0 Å². The molecule has 0 aromatic heterocycles. The van der Waals surface area contributed by atoms with Gasteiger partial charge in [0.1, 0.15) is 0 Å². The van der Waals surface area contributed by atoms with Crippen LogP contribution in [0.15, 0.2) is 48.5 Å². The molecule has 4 amide bonds. The molecule has 2 aromatic carbocycles. The zero-order valence-corrected chi connectivity index (χ0v) is 17.1. The van der Waals surface area contributed by atoms with Crippen LogP contribution in [0.2, 0.25) is 0 Å². The highest BCUT2D eigenvalue weighted by atomic mass is 32.2. The summed E-state index contributed by atoms with van der Waals surface area (Å²) in [5.74, 6) is -0.527. The van der Waals surface area contributed by atoms with Gasteiger partial charge in [-0.1, -0.05) is 6.07 Å². The van der Waals surface area contributed by atoms with Crippen LogP contribution in [0, 0.1) is 0 Å². The monoisotopic (exact) mass is 430 g/mol. The number of hydrogen-bond acceptors (Lipinski definition) is 5. The molecule has 158 valence electrons. The molecule has 1 atom stereocenters. The Bertz CT molecular complexity index is 1070. The van der Waals surface area contributed by atoms with Crippen LogP contribution in [0.3, 0.4) is 0 Å². The van der Waals surface area contributed by atoms with Gasteiger partial charge in [-0.25, -0.2) is 13.2 Å². The van der Waals surface area contributed by atoms with Gasteiger partial charge in [-0.15, -0.1) is 0 Å². The van der Waals surface area contributed by atoms with Crippen molar-refractivity contribution >= 4 is 44.7 Å². The van der Waals surface area contributed by atoms with E-state index in [1.807, 2.05) is 0 Å². The maximum atomic E-state index is 12.4. The van der Waals surface area contributed by atoms with Gasteiger partial charge in [0.25, 0.3) is 5.91 Å². The van der Waals surface area contributed by atoms with Gasteiger partial charge < -0.3 is 21.3 Å². The summed E-state index contributed by atoms with van der Waals surface area (Å²) in [4.78, 5) is 35.6. The van der Waals surface area contributed by atoms with Crippen molar-refractivity contribution in [3.05, 3.63) is 54.1 Å². The first-order chi connectivity index (χ1) is 14.2. The Morgan fingerprint density at radius 1 is 0.900 bits per heavy atom. The van der Waals surface area contributed by atoms with Gasteiger partial charge >= 0.3 is 6.03 Å². The molecule has 30 heavy (non-hydrogen) atoms. The van der Waals surface area contributed by atoms with Crippen molar-refractivity contribution in [2.75, 3.05) is 27.5 Å². The summed E-state index contributed by atoms with van der Waals surface area (Å²) in [6.45, 7) is 1.40. The van der Waals surface area contributed by atoms with Crippen LogP contribution < -0.4 is 21.3 Å². The second-order valence-electron chi connectivity index (χ2n) is 6.99. The topological polar surface area (TPSA) is 133 Å². The van der Waals surface area contributed by atoms with E-state index in [0.717, 1.165) is 0 Å². The Labute approximate surface area is 174 Å². The third-order valence-corrected chi connectivity index (χ3v) is 6.18. The van der Waals surface area contributed by atoms with Gasteiger partial charge in [0, 0.05) is 35.6 Å². The van der Waals surface area contributed by atoms with Crippen LogP contribution in [-0.4, -0.2) is 43.8 Å². The number of nitrogens with one attached hydrogen (secondary N) is 4. The minimum atomic E-state index is -3.07. The molecule has 2 aromatic rings. The smallest absolute Gasteiger partial charge is 0.319 e. The van der Waals surface area contributed by atoms with Crippen molar-refractivity contribution in [2.24, 2.45) is 0 Å². The number of carbonyl (C=O) groups is 3. The molecule has 3 rings (SSSR count). The number of rotatable bonds is 5. The maximum Gasteiger partial charge on any atom is 0.319 e. The Balaban J connectivity index is 1.55. The third-order valence-electron chi connectivity index (χ3n) is 4.41. The highest BCUT2D eigenvalue weighted by molar-refractivity contribution is 7.91. The Morgan fingerprint density at radius 3 is 2.17 bits per heavy atom. The van der Waals surface area contributed by atoms with Crippen molar-refractivity contribution in [2.45, 2.75) is 19.4 Å². The van der Waals surface area contributed by atoms with Gasteiger partial charge in [-0.05, 0) is 48.9 Å². The SMILES string of the molecule is CC(=O)Nc1cccc(NC(=O)c2ccc(NC(=O)NC3CCS(=O)(=O)C3)cc2)c1. The number of anilines is 3. The molecule has 10 heteroatoms. The molecule has 0 spiro atoms. The number of amides is 4. The fourth-order valence-corrected chi connectivity index (χ4v) is 4.72. The first-order valence-corrected chi connectivity index (χ1v) is 11.1. The molecular formula is C20H22N4O5S. The molecule has 0 saturated carbocycles. The van der Waals surface area contributed by atoms with Crippen LogP contribution in [-0.2, 0) is 14.6 Å². The van der Waals surface area contributed by atoms with Crippen LogP contribution in [0.5, 0.6) is 0 Å². The van der Waals surface area contributed by atoms with Crippen molar-refractivity contribution in [1.82, 2.24) is 5.32 Å². The summed E-state index contributed by atoms with van der Waals surface area (Å²) in [6.07, 6.45) is 0.401. The van der Waals surface area contributed by atoms with Crippen molar-refractivity contribution < 1.29 is 22.8 Å².